The molecular formula is C11H8Cl2N2O3. The van der Waals surface area contributed by atoms with Crippen molar-refractivity contribution in [2.75, 3.05) is 6.54 Å². The third-order valence-corrected chi connectivity index (χ3v) is 3.32. The Morgan fingerprint density at radius 3 is 1.94 bits per heavy atom. The Morgan fingerprint density at radius 1 is 1.11 bits per heavy atom. The molecule has 2 rings (SSSR count). The number of hydrogen-bond acceptors (Lipinski definition) is 3. The molecule has 1 aliphatic heterocycles. The van der Waals surface area contributed by atoms with Crippen molar-refractivity contribution in [3.63, 3.8) is 0 Å². The van der Waals surface area contributed by atoms with Crippen LogP contribution in [0.2, 0.25) is 10.0 Å². The molecule has 3 amide bonds. The normalized spacial score (nSPS) is 14.0. The van der Waals surface area contributed by atoms with Gasteiger partial charge in [-0.15, -0.1) is 0 Å². The van der Waals surface area contributed by atoms with Crippen molar-refractivity contribution in [1.29, 1.82) is 0 Å². The highest BCUT2D eigenvalue weighted by Crippen LogP contribution is 2.31. The van der Waals surface area contributed by atoms with Crippen molar-refractivity contribution in [2.45, 2.75) is 6.42 Å². The summed E-state index contributed by atoms with van der Waals surface area (Å²) in [5.41, 5.74) is 5.37. The van der Waals surface area contributed by atoms with Gasteiger partial charge in [0.2, 0.25) is 5.91 Å². The summed E-state index contributed by atoms with van der Waals surface area (Å²) >= 11 is 11.6. The van der Waals surface area contributed by atoms with E-state index in [2.05, 4.69) is 0 Å². The summed E-state index contributed by atoms with van der Waals surface area (Å²) in [5.74, 6) is -1.56. The van der Waals surface area contributed by atoms with Crippen LogP contribution in [0, 0.1) is 0 Å². The van der Waals surface area contributed by atoms with E-state index in [9.17, 15) is 14.4 Å². The average Bonchev–Trinajstić information content (AvgIpc) is 2.51. The number of halogens is 2. The van der Waals surface area contributed by atoms with Gasteiger partial charge in [0, 0.05) is 13.0 Å². The van der Waals surface area contributed by atoms with Crippen LogP contribution in [0.1, 0.15) is 27.1 Å². The highest BCUT2D eigenvalue weighted by atomic mass is 35.5. The lowest BCUT2D eigenvalue weighted by Gasteiger charge is -2.11. The van der Waals surface area contributed by atoms with Crippen molar-refractivity contribution in [3.8, 4) is 0 Å². The van der Waals surface area contributed by atoms with Gasteiger partial charge >= 0.3 is 0 Å². The number of primary amides is 1. The quantitative estimate of drug-likeness (QED) is 0.855. The van der Waals surface area contributed by atoms with E-state index in [0.29, 0.717) is 0 Å². The molecule has 0 unspecified atom stereocenters. The molecule has 1 aromatic rings. The lowest BCUT2D eigenvalue weighted by molar-refractivity contribution is -0.118. The third-order valence-electron chi connectivity index (χ3n) is 2.59. The molecule has 1 aromatic carbocycles. The van der Waals surface area contributed by atoms with Crippen molar-refractivity contribution >= 4 is 40.9 Å². The van der Waals surface area contributed by atoms with Gasteiger partial charge in [-0.1, -0.05) is 23.2 Å². The second-order valence-corrected chi connectivity index (χ2v) is 4.60. The van der Waals surface area contributed by atoms with E-state index in [4.69, 9.17) is 28.9 Å². The van der Waals surface area contributed by atoms with E-state index in [1.54, 1.807) is 0 Å². The minimum absolute atomic E-state index is 0.0447. The van der Waals surface area contributed by atoms with Crippen LogP contribution in [0.4, 0.5) is 0 Å². The zero-order valence-corrected chi connectivity index (χ0v) is 10.6. The molecule has 94 valence electrons. The number of hydrogen-bond donors (Lipinski definition) is 1. The standard InChI is InChI=1S/C11H8Cl2N2O3/c12-7-3-5-6(4-8(7)13)11(18)15(10(5)17)2-1-9(14)16/h3-4H,1-2H2,(H2,14,16). The Hall–Kier alpha value is -1.59. The molecule has 7 heteroatoms. The molecular weight excluding hydrogens is 279 g/mol. The number of carbonyl (C=O) groups excluding carboxylic acids is 3. The molecule has 5 nitrogen and oxygen atoms in total. The zero-order chi connectivity index (χ0) is 13.4. The van der Waals surface area contributed by atoms with Crippen molar-refractivity contribution < 1.29 is 14.4 Å². The van der Waals surface area contributed by atoms with E-state index in [-0.39, 0.29) is 34.1 Å². The Bertz CT molecular complexity index is 531. The lowest BCUT2D eigenvalue weighted by atomic mass is 10.1. The first-order chi connectivity index (χ1) is 8.41. The van der Waals surface area contributed by atoms with Crippen LogP contribution in [0.5, 0.6) is 0 Å². The molecule has 0 radical (unpaired) electrons. The first kappa shape index (κ1) is 12.9. The largest absolute Gasteiger partial charge is 0.370 e. The molecule has 1 aliphatic rings. The van der Waals surface area contributed by atoms with Crippen LogP contribution in [-0.2, 0) is 4.79 Å². The monoisotopic (exact) mass is 286 g/mol. The van der Waals surface area contributed by atoms with Gasteiger partial charge in [0.25, 0.3) is 11.8 Å². The fourth-order valence-electron chi connectivity index (χ4n) is 1.71. The highest BCUT2D eigenvalue weighted by molar-refractivity contribution is 6.43. The number of carbonyl (C=O) groups is 3. The molecule has 2 N–H and O–H groups in total. The van der Waals surface area contributed by atoms with Crippen molar-refractivity contribution in [2.24, 2.45) is 5.73 Å². The van der Waals surface area contributed by atoms with Crippen LogP contribution < -0.4 is 5.73 Å². The second kappa shape index (κ2) is 4.59. The Morgan fingerprint density at radius 2 is 1.56 bits per heavy atom. The number of imide groups is 1. The van der Waals surface area contributed by atoms with Crippen LogP contribution in [0.3, 0.4) is 0 Å². The molecule has 0 fully saturated rings. The smallest absolute Gasteiger partial charge is 0.261 e. The summed E-state index contributed by atoms with van der Waals surface area (Å²) in [6, 6.07) is 2.70. The van der Waals surface area contributed by atoms with Crippen molar-refractivity contribution in [1.82, 2.24) is 4.90 Å². The maximum absolute atomic E-state index is 11.9. The number of rotatable bonds is 3. The van der Waals surface area contributed by atoms with Gasteiger partial charge in [0.15, 0.2) is 0 Å². The summed E-state index contributed by atoms with van der Waals surface area (Å²) in [6.45, 7) is -0.0447. The Balaban J connectivity index is 2.35. The van der Waals surface area contributed by atoms with Gasteiger partial charge in [0.1, 0.15) is 0 Å². The minimum Gasteiger partial charge on any atom is -0.370 e. The number of nitrogens with zero attached hydrogens (tertiary/aromatic N) is 1. The topological polar surface area (TPSA) is 80.5 Å². The number of nitrogens with two attached hydrogens (primary N) is 1. The molecule has 0 saturated heterocycles. The molecule has 0 aromatic heterocycles. The highest BCUT2D eigenvalue weighted by Gasteiger charge is 2.36. The molecule has 0 bridgehead atoms. The Kier molecular flexibility index (Phi) is 3.28. The summed E-state index contributed by atoms with van der Waals surface area (Å²) in [7, 11) is 0. The number of benzene rings is 1. The third kappa shape index (κ3) is 2.07. The number of amides is 3. The fourth-order valence-corrected chi connectivity index (χ4v) is 2.04. The summed E-state index contributed by atoms with van der Waals surface area (Å²) in [6.07, 6.45) is -0.0765. The summed E-state index contributed by atoms with van der Waals surface area (Å²) in [4.78, 5) is 35.5. The zero-order valence-electron chi connectivity index (χ0n) is 9.07. The SMILES string of the molecule is NC(=O)CCN1C(=O)c2cc(Cl)c(Cl)cc2C1=O. The van der Waals surface area contributed by atoms with E-state index >= 15 is 0 Å². The second-order valence-electron chi connectivity index (χ2n) is 3.79. The van der Waals surface area contributed by atoms with Crippen molar-refractivity contribution in [3.05, 3.63) is 33.3 Å². The van der Waals surface area contributed by atoms with Crippen LogP contribution in [-0.4, -0.2) is 29.2 Å². The van der Waals surface area contributed by atoms with Gasteiger partial charge in [-0.2, -0.15) is 0 Å². The molecule has 0 saturated carbocycles. The van der Waals surface area contributed by atoms with E-state index < -0.39 is 17.7 Å². The van der Waals surface area contributed by atoms with Gasteiger partial charge in [0.05, 0.1) is 21.2 Å². The minimum atomic E-state index is -0.581. The predicted octanol–water partition coefficient (Wildman–Crippen LogP) is 1.46. The molecule has 0 spiro atoms. The molecule has 18 heavy (non-hydrogen) atoms. The Labute approximate surface area is 112 Å². The lowest BCUT2D eigenvalue weighted by Crippen LogP contribution is -2.33. The maximum Gasteiger partial charge on any atom is 0.261 e. The molecule has 1 heterocycles. The van der Waals surface area contributed by atoms with Gasteiger partial charge in [-0.05, 0) is 12.1 Å². The van der Waals surface area contributed by atoms with E-state index in [0.717, 1.165) is 4.90 Å². The van der Waals surface area contributed by atoms with E-state index in [1.165, 1.54) is 12.1 Å². The average molecular weight is 287 g/mol. The maximum atomic E-state index is 11.9. The number of fused-ring (bicyclic) bond motifs is 1. The first-order valence-electron chi connectivity index (χ1n) is 5.05. The molecule has 0 atom stereocenters. The van der Waals surface area contributed by atoms with Crippen LogP contribution in [0.15, 0.2) is 12.1 Å². The summed E-state index contributed by atoms with van der Waals surface area (Å²) < 4.78 is 0. The van der Waals surface area contributed by atoms with Gasteiger partial charge < -0.3 is 5.73 Å². The first-order valence-corrected chi connectivity index (χ1v) is 5.81. The van der Waals surface area contributed by atoms with E-state index in [1.807, 2.05) is 0 Å². The van der Waals surface area contributed by atoms with Gasteiger partial charge in [-0.25, -0.2) is 0 Å². The van der Waals surface area contributed by atoms with Crippen LogP contribution >= 0.6 is 23.2 Å². The summed E-state index contributed by atoms with van der Waals surface area (Å²) in [5, 5.41) is 0.404. The molecule has 0 aliphatic carbocycles. The van der Waals surface area contributed by atoms with Gasteiger partial charge in [-0.3, -0.25) is 19.3 Å². The van der Waals surface area contributed by atoms with Crippen LogP contribution in [0.25, 0.3) is 0 Å². The fraction of sp³-hybridized carbons (Fsp3) is 0.182. The predicted molar refractivity (Wildman–Crippen MR) is 65.6 cm³/mol.